The van der Waals surface area contributed by atoms with Crippen LogP contribution in [0.4, 0.5) is 0 Å². The number of nitrogens with zero attached hydrogens (tertiary/aromatic N) is 5. The first-order chi connectivity index (χ1) is 7.75. The molecular formula is C10H11N5O. The van der Waals surface area contributed by atoms with E-state index in [1.54, 1.807) is 12.4 Å². The fourth-order valence-electron chi connectivity index (χ4n) is 1.06. The molecule has 0 fully saturated rings. The monoisotopic (exact) mass is 217 g/mol. The van der Waals surface area contributed by atoms with Crippen molar-refractivity contribution in [2.24, 2.45) is 0 Å². The van der Waals surface area contributed by atoms with Crippen LogP contribution in [-0.2, 0) is 0 Å². The van der Waals surface area contributed by atoms with Gasteiger partial charge >= 0.3 is 0 Å². The summed E-state index contributed by atoms with van der Waals surface area (Å²) in [6.45, 7) is 6.07. The van der Waals surface area contributed by atoms with E-state index in [4.69, 9.17) is 4.74 Å². The van der Waals surface area contributed by atoms with Gasteiger partial charge in [-0.2, -0.15) is 5.10 Å². The van der Waals surface area contributed by atoms with E-state index in [0.717, 1.165) is 5.57 Å². The van der Waals surface area contributed by atoms with Gasteiger partial charge in [0.25, 0.3) is 0 Å². The highest BCUT2D eigenvalue weighted by Crippen LogP contribution is 2.10. The van der Waals surface area contributed by atoms with Crippen molar-refractivity contribution in [2.75, 3.05) is 6.61 Å². The molecule has 2 heterocycles. The summed E-state index contributed by atoms with van der Waals surface area (Å²) in [4.78, 5) is 11.9. The molecule has 0 radical (unpaired) electrons. The quantitative estimate of drug-likeness (QED) is 0.715. The molecule has 0 N–H and O–H groups in total. The molecule has 0 unspecified atom stereocenters. The van der Waals surface area contributed by atoms with Gasteiger partial charge in [-0.15, -0.1) is 0 Å². The average Bonchev–Trinajstić information content (AvgIpc) is 2.80. The van der Waals surface area contributed by atoms with E-state index in [1.807, 2.05) is 6.92 Å². The van der Waals surface area contributed by atoms with Gasteiger partial charge in [-0.05, 0) is 12.5 Å². The molecule has 0 spiro atoms. The summed E-state index contributed by atoms with van der Waals surface area (Å²) in [6, 6.07) is 1.69. The Morgan fingerprint density at radius 3 is 3.00 bits per heavy atom. The van der Waals surface area contributed by atoms with Crippen LogP contribution in [0.15, 0.2) is 37.2 Å². The van der Waals surface area contributed by atoms with Gasteiger partial charge in [0.1, 0.15) is 25.6 Å². The predicted octanol–water partition coefficient (Wildman–Crippen LogP) is 1.01. The molecular weight excluding hydrogens is 206 g/mol. The molecule has 0 saturated carbocycles. The number of hydrogen-bond donors (Lipinski definition) is 0. The van der Waals surface area contributed by atoms with E-state index >= 15 is 0 Å². The van der Waals surface area contributed by atoms with Crippen LogP contribution in [0.3, 0.4) is 0 Å². The Labute approximate surface area is 92.6 Å². The van der Waals surface area contributed by atoms with Gasteiger partial charge in [0.2, 0.25) is 5.88 Å². The van der Waals surface area contributed by atoms with Crippen molar-refractivity contribution < 1.29 is 4.74 Å². The molecule has 2 rings (SSSR count). The molecule has 16 heavy (non-hydrogen) atoms. The SMILES string of the molecule is C=C(C)COc1cc(-n2cncn2)ncn1. The zero-order valence-corrected chi connectivity index (χ0v) is 8.87. The number of hydrogen-bond acceptors (Lipinski definition) is 5. The minimum absolute atomic E-state index is 0.438. The summed E-state index contributed by atoms with van der Waals surface area (Å²) in [5, 5.41) is 3.96. The zero-order valence-electron chi connectivity index (χ0n) is 8.87. The summed E-state index contributed by atoms with van der Waals surface area (Å²) in [5.41, 5.74) is 0.931. The Morgan fingerprint density at radius 2 is 2.31 bits per heavy atom. The van der Waals surface area contributed by atoms with Crippen molar-refractivity contribution in [3.8, 4) is 11.7 Å². The highest BCUT2D eigenvalue weighted by molar-refractivity contribution is 5.25. The lowest BCUT2D eigenvalue weighted by atomic mass is 10.4. The lowest BCUT2D eigenvalue weighted by Crippen LogP contribution is -2.03. The van der Waals surface area contributed by atoms with E-state index in [-0.39, 0.29) is 0 Å². The molecule has 0 aliphatic rings. The minimum Gasteiger partial charge on any atom is -0.473 e. The van der Waals surface area contributed by atoms with Crippen molar-refractivity contribution in [1.29, 1.82) is 0 Å². The Kier molecular flexibility index (Phi) is 2.90. The van der Waals surface area contributed by atoms with Gasteiger partial charge in [0.15, 0.2) is 5.82 Å². The van der Waals surface area contributed by atoms with Gasteiger partial charge in [-0.1, -0.05) is 6.58 Å². The Bertz CT molecular complexity index is 480. The van der Waals surface area contributed by atoms with Gasteiger partial charge in [0, 0.05) is 6.07 Å². The van der Waals surface area contributed by atoms with Crippen LogP contribution >= 0.6 is 0 Å². The lowest BCUT2D eigenvalue weighted by molar-refractivity contribution is 0.337. The fourth-order valence-corrected chi connectivity index (χ4v) is 1.06. The topological polar surface area (TPSA) is 65.7 Å². The van der Waals surface area contributed by atoms with E-state index in [9.17, 15) is 0 Å². The van der Waals surface area contributed by atoms with Crippen LogP contribution in [0.5, 0.6) is 5.88 Å². The summed E-state index contributed by atoms with van der Waals surface area (Å²) in [7, 11) is 0. The molecule has 0 aliphatic heterocycles. The van der Waals surface area contributed by atoms with Crippen LogP contribution in [0.1, 0.15) is 6.92 Å². The van der Waals surface area contributed by atoms with Gasteiger partial charge < -0.3 is 4.74 Å². The first kappa shape index (κ1) is 10.3. The third-order valence-corrected chi connectivity index (χ3v) is 1.75. The number of rotatable bonds is 4. The summed E-state index contributed by atoms with van der Waals surface area (Å²) < 4.78 is 6.93. The van der Waals surface area contributed by atoms with Crippen LogP contribution in [0.2, 0.25) is 0 Å². The second kappa shape index (κ2) is 4.52. The van der Waals surface area contributed by atoms with Crippen LogP contribution in [0, 0.1) is 0 Å². The Morgan fingerprint density at radius 1 is 1.44 bits per heavy atom. The molecule has 2 aromatic heterocycles. The summed E-state index contributed by atoms with van der Waals surface area (Å²) >= 11 is 0. The molecule has 0 aliphatic carbocycles. The molecule has 0 bridgehead atoms. The third kappa shape index (κ3) is 2.41. The van der Waals surface area contributed by atoms with Gasteiger partial charge in [0.05, 0.1) is 0 Å². The molecule has 2 aromatic rings. The molecule has 0 atom stereocenters. The maximum absolute atomic E-state index is 5.39. The Hall–Kier alpha value is -2.24. The third-order valence-electron chi connectivity index (χ3n) is 1.75. The summed E-state index contributed by atoms with van der Waals surface area (Å²) in [6.07, 6.45) is 4.42. The van der Waals surface area contributed by atoms with Crippen LogP contribution in [-0.4, -0.2) is 31.3 Å². The second-order valence-electron chi connectivity index (χ2n) is 3.30. The predicted molar refractivity (Wildman–Crippen MR) is 57.3 cm³/mol. The van der Waals surface area contributed by atoms with Crippen molar-refractivity contribution >= 4 is 0 Å². The van der Waals surface area contributed by atoms with E-state index < -0.39 is 0 Å². The molecule has 0 aromatic carbocycles. The zero-order chi connectivity index (χ0) is 11.4. The molecule has 0 saturated heterocycles. The first-order valence-electron chi connectivity index (χ1n) is 4.70. The largest absolute Gasteiger partial charge is 0.473 e. The normalized spacial score (nSPS) is 10.1. The van der Waals surface area contributed by atoms with Crippen LogP contribution in [0.25, 0.3) is 5.82 Å². The maximum Gasteiger partial charge on any atom is 0.218 e. The maximum atomic E-state index is 5.39. The van der Waals surface area contributed by atoms with Crippen molar-refractivity contribution in [1.82, 2.24) is 24.7 Å². The number of aromatic nitrogens is 5. The lowest BCUT2D eigenvalue weighted by Gasteiger charge is -2.05. The van der Waals surface area contributed by atoms with Crippen LogP contribution < -0.4 is 4.74 Å². The highest BCUT2D eigenvalue weighted by atomic mass is 16.5. The first-order valence-corrected chi connectivity index (χ1v) is 4.70. The highest BCUT2D eigenvalue weighted by Gasteiger charge is 2.02. The van der Waals surface area contributed by atoms with E-state index in [0.29, 0.717) is 18.3 Å². The van der Waals surface area contributed by atoms with Crippen molar-refractivity contribution in [3.05, 3.63) is 37.2 Å². The molecule has 6 nitrogen and oxygen atoms in total. The van der Waals surface area contributed by atoms with Gasteiger partial charge in [-0.3, -0.25) is 0 Å². The van der Waals surface area contributed by atoms with Gasteiger partial charge in [-0.25, -0.2) is 19.6 Å². The second-order valence-corrected chi connectivity index (χ2v) is 3.30. The van der Waals surface area contributed by atoms with E-state index in [1.165, 1.54) is 17.3 Å². The molecule has 6 heteroatoms. The summed E-state index contributed by atoms with van der Waals surface area (Å²) in [5.74, 6) is 1.10. The smallest absolute Gasteiger partial charge is 0.218 e. The molecule has 0 amide bonds. The average molecular weight is 217 g/mol. The fraction of sp³-hybridized carbons (Fsp3) is 0.200. The Balaban J connectivity index is 2.17. The van der Waals surface area contributed by atoms with E-state index in [2.05, 4.69) is 26.6 Å². The standard InChI is InChI=1S/C10H11N5O/c1-8(2)4-16-10-3-9(12-6-13-10)15-7-11-5-14-15/h3,5-7H,1,4H2,2H3. The molecule has 82 valence electrons. The number of ether oxygens (including phenoxy) is 1. The van der Waals surface area contributed by atoms with Crippen molar-refractivity contribution in [3.63, 3.8) is 0 Å². The minimum atomic E-state index is 0.438. The van der Waals surface area contributed by atoms with Crippen molar-refractivity contribution in [2.45, 2.75) is 6.92 Å².